The average molecular weight is 266 g/mol. The Hall–Kier alpha value is -0.0800. The van der Waals surface area contributed by atoms with Crippen LogP contribution < -0.4 is 5.32 Å². The molecule has 1 N–H and O–H groups in total. The Kier molecular flexibility index (Phi) is 4.94. The highest BCUT2D eigenvalue weighted by molar-refractivity contribution is 4.99. The van der Waals surface area contributed by atoms with Gasteiger partial charge in [-0.25, -0.2) is 0 Å². The van der Waals surface area contributed by atoms with Crippen LogP contribution in [0.3, 0.4) is 0 Å². The minimum absolute atomic E-state index is 0.370. The fraction of sp³-hybridized carbons (Fsp3) is 1.00. The van der Waals surface area contributed by atoms with Crippen LogP contribution in [0, 0.1) is 11.8 Å². The summed E-state index contributed by atoms with van der Waals surface area (Å²) >= 11 is 0. The lowest BCUT2D eigenvalue weighted by Crippen LogP contribution is -2.66. The molecule has 1 saturated carbocycles. The van der Waals surface area contributed by atoms with E-state index in [1.54, 1.807) is 0 Å². The molecule has 19 heavy (non-hydrogen) atoms. The Morgan fingerprint density at radius 3 is 2.37 bits per heavy atom. The molecule has 2 heteroatoms. The first-order valence-corrected chi connectivity index (χ1v) is 8.52. The van der Waals surface area contributed by atoms with Crippen LogP contribution in [0.1, 0.15) is 66.7 Å². The average Bonchev–Trinajstić information content (AvgIpc) is 2.41. The fourth-order valence-corrected chi connectivity index (χ4v) is 4.35. The van der Waals surface area contributed by atoms with Crippen molar-refractivity contribution in [2.24, 2.45) is 11.8 Å². The molecule has 0 aromatic heterocycles. The van der Waals surface area contributed by atoms with Crippen LogP contribution in [-0.2, 0) is 0 Å². The summed E-state index contributed by atoms with van der Waals surface area (Å²) in [6.45, 7) is 14.4. The summed E-state index contributed by atoms with van der Waals surface area (Å²) in [6, 6.07) is 1.53. The molecular weight excluding hydrogens is 232 g/mol. The van der Waals surface area contributed by atoms with Crippen molar-refractivity contribution in [2.75, 3.05) is 13.1 Å². The lowest BCUT2D eigenvalue weighted by atomic mass is 9.77. The molecule has 1 aliphatic carbocycles. The third kappa shape index (κ3) is 3.16. The van der Waals surface area contributed by atoms with E-state index in [-0.39, 0.29) is 0 Å². The molecule has 1 saturated heterocycles. The van der Waals surface area contributed by atoms with Crippen molar-refractivity contribution in [1.29, 1.82) is 0 Å². The minimum Gasteiger partial charge on any atom is -0.308 e. The molecule has 2 fully saturated rings. The zero-order valence-electron chi connectivity index (χ0n) is 13.7. The summed E-state index contributed by atoms with van der Waals surface area (Å²) in [5.74, 6) is 1.81. The Bertz CT molecular complexity index is 285. The summed E-state index contributed by atoms with van der Waals surface area (Å²) in [6.07, 6.45) is 6.77. The predicted molar refractivity (Wildman–Crippen MR) is 83.5 cm³/mol. The number of hydrogen-bond donors (Lipinski definition) is 1. The van der Waals surface area contributed by atoms with Crippen LogP contribution in [0.5, 0.6) is 0 Å². The molecule has 1 heterocycles. The summed E-state index contributed by atoms with van der Waals surface area (Å²) in [7, 11) is 0. The normalized spacial score (nSPS) is 40.3. The fourth-order valence-electron chi connectivity index (χ4n) is 4.35. The van der Waals surface area contributed by atoms with Gasteiger partial charge in [0.15, 0.2) is 0 Å². The van der Waals surface area contributed by atoms with Crippen LogP contribution in [-0.4, -0.2) is 35.6 Å². The van der Waals surface area contributed by atoms with E-state index in [2.05, 4.69) is 44.8 Å². The Balaban J connectivity index is 2.08. The largest absolute Gasteiger partial charge is 0.308 e. The van der Waals surface area contributed by atoms with Gasteiger partial charge in [0.1, 0.15) is 0 Å². The maximum atomic E-state index is 3.83. The number of rotatable bonds is 3. The molecule has 0 aromatic rings. The van der Waals surface area contributed by atoms with Gasteiger partial charge in [0.05, 0.1) is 0 Å². The van der Waals surface area contributed by atoms with Crippen LogP contribution in [0.25, 0.3) is 0 Å². The van der Waals surface area contributed by atoms with Crippen molar-refractivity contribution in [2.45, 2.75) is 84.3 Å². The quantitative estimate of drug-likeness (QED) is 0.838. The molecular formula is C17H34N2. The Morgan fingerprint density at radius 1 is 1.11 bits per heavy atom. The molecule has 2 nitrogen and oxygen atoms in total. The van der Waals surface area contributed by atoms with Crippen LogP contribution in [0.2, 0.25) is 0 Å². The zero-order chi connectivity index (χ0) is 14.0. The Morgan fingerprint density at radius 2 is 1.79 bits per heavy atom. The highest BCUT2D eigenvalue weighted by atomic mass is 15.3. The molecule has 0 spiro atoms. The first kappa shape index (κ1) is 15.3. The molecule has 0 aromatic carbocycles. The monoisotopic (exact) mass is 266 g/mol. The third-order valence-electron chi connectivity index (χ3n) is 5.99. The molecule has 2 rings (SSSR count). The van der Waals surface area contributed by atoms with Crippen molar-refractivity contribution in [3.8, 4) is 0 Å². The number of nitrogens with zero attached hydrogens (tertiary/aromatic N) is 1. The summed E-state index contributed by atoms with van der Waals surface area (Å²) < 4.78 is 0. The zero-order valence-corrected chi connectivity index (χ0v) is 13.7. The Labute approximate surface area is 120 Å². The number of hydrogen-bond acceptors (Lipinski definition) is 2. The SMILES string of the molecule is CCC1(CC)CN(C2CCC(C)CC2C)C(C)CN1. The molecule has 112 valence electrons. The van der Waals surface area contributed by atoms with E-state index in [9.17, 15) is 0 Å². The van der Waals surface area contributed by atoms with Crippen molar-refractivity contribution < 1.29 is 0 Å². The summed E-state index contributed by atoms with van der Waals surface area (Å²) in [5, 5.41) is 3.83. The maximum absolute atomic E-state index is 3.83. The number of nitrogens with one attached hydrogen (secondary N) is 1. The molecule has 4 atom stereocenters. The first-order chi connectivity index (χ1) is 9.01. The standard InChI is InChI=1S/C17H34N2/c1-6-17(7-2)12-19(15(5)11-18-17)16-9-8-13(3)10-14(16)4/h13-16,18H,6-12H2,1-5H3. The van der Waals surface area contributed by atoms with E-state index < -0.39 is 0 Å². The topological polar surface area (TPSA) is 15.3 Å². The lowest BCUT2D eigenvalue weighted by Gasteiger charge is -2.52. The lowest BCUT2D eigenvalue weighted by molar-refractivity contribution is 0.00273. The van der Waals surface area contributed by atoms with Gasteiger partial charge >= 0.3 is 0 Å². The van der Waals surface area contributed by atoms with Crippen LogP contribution in [0.15, 0.2) is 0 Å². The molecule has 4 unspecified atom stereocenters. The van der Waals surface area contributed by atoms with Crippen LogP contribution in [0.4, 0.5) is 0 Å². The number of piperazine rings is 1. The molecule has 0 amide bonds. The molecule has 0 bridgehead atoms. The first-order valence-electron chi connectivity index (χ1n) is 8.52. The third-order valence-corrected chi connectivity index (χ3v) is 5.99. The van der Waals surface area contributed by atoms with Crippen molar-refractivity contribution >= 4 is 0 Å². The van der Waals surface area contributed by atoms with Gasteiger partial charge in [0.25, 0.3) is 0 Å². The van der Waals surface area contributed by atoms with E-state index in [1.807, 2.05) is 0 Å². The summed E-state index contributed by atoms with van der Waals surface area (Å²) in [5.41, 5.74) is 0.370. The van der Waals surface area contributed by atoms with Gasteiger partial charge in [-0.2, -0.15) is 0 Å². The second kappa shape index (κ2) is 6.13. The molecule has 2 aliphatic rings. The van der Waals surface area contributed by atoms with E-state index in [0.717, 1.165) is 17.9 Å². The van der Waals surface area contributed by atoms with Crippen molar-refractivity contribution in [1.82, 2.24) is 10.2 Å². The van der Waals surface area contributed by atoms with Gasteiger partial charge in [-0.05, 0) is 50.9 Å². The highest BCUT2D eigenvalue weighted by Crippen LogP contribution is 2.35. The highest BCUT2D eigenvalue weighted by Gasteiger charge is 2.40. The van der Waals surface area contributed by atoms with Crippen molar-refractivity contribution in [3.63, 3.8) is 0 Å². The van der Waals surface area contributed by atoms with Crippen LogP contribution >= 0.6 is 0 Å². The maximum Gasteiger partial charge on any atom is 0.0304 e. The minimum atomic E-state index is 0.370. The van der Waals surface area contributed by atoms with E-state index in [1.165, 1.54) is 45.2 Å². The van der Waals surface area contributed by atoms with Gasteiger partial charge in [0, 0.05) is 30.7 Å². The second-order valence-corrected chi connectivity index (χ2v) is 7.35. The van der Waals surface area contributed by atoms with Gasteiger partial charge < -0.3 is 5.32 Å². The second-order valence-electron chi connectivity index (χ2n) is 7.35. The smallest absolute Gasteiger partial charge is 0.0304 e. The summed E-state index contributed by atoms with van der Waals surface area (Å²) in [4.78, 5) is 2.85. The van der Waals surface area contributed by atoms with Gasteiger partial charge in [-0.3, -0.25) is 4.90 Å². The van der Waals surface area contributed by atoms with Crippen molar-refractivity contribution in [3.05, 3.63) is 0 Å². The van der Waals surface area contributed by atoms with E-state index in [4.69, 9.17) is 0 Å². The molecule has 0 radical (unpaired) electrons. The predicted octanol–water partition coefficient (Wildman–Crippen LogP) is 3.66. The van der Waals surface area contributed by atoms with Gasteiger partial charge in [-0.15, -0.1) is 0 Å². The van der Waals surface area contributed by atoms with Gasteiger partial charge in [-0.1, -0.05) is 27.7 Å². The van der Waals surface area contributed by atoms with Gasteiger partial charge in [0.2, 0.25) is 0 Å². The molecule has 1 aliphatic heterocycles. The van der Waals surface area contributed by atoms with E-state index in [0.29, 0.717) is 11.6 Å². The van der Waals surface area contributed by atoms with E-state index >= 15 is 0 Å².